The molecule has 28 heavy (non-hydrogen) atoms. The fraction of sp³-hybridized carbons (Fsp3) is 0.200. The highest BCUT2D eigenvalue weighted by atomic mass is 32.1. The standard InChI is InChI=1S/C20H17N3O3S2/c1-11-12(2)28-18-16(11)19(24)23(10-21-18)8-15-9-27-17(22-15)13-4-6-14(7-5-13)20(25)26-3/h4-7,9-10H,8H2,1-3H3. The van der Waals surface area contributed by atoms with E-state index in [-0.39, 0.29) is 11.5 Å². The van der Waals surface area contributed by atoms with Gasteiger partial charge in [-0.1, -0.05) is 12.1 Å². The molecule has 0 saturated carbocycles. The van der Waals surface area contributed by atoms with E-state index >= 15 is 0 Å². The molecule has 0 aliphatic carbocycles. The summed E-state index contributed by atoms with van der Waals surface area (Å²) >= 11 is 3.04. The number of thiazole rings is 1. The number of benzene rings is 1. The van der Waals surface area contributed by atoms with Gasteiger partial charge in [-0.15, -0.1) is 22.7 Å². The van der Waals surface area contributed by atoms with Gasteiger partial charge in [0.25, 0.3) is 5.56 Å². The monoisotopic (exact) mass is 411 g/mol. The predicted molar refractivity (Wildman–Crippen MR) is 111 cm³/mol. The predicted octanol–water partition coefficient (Wildman–Crippen LogP) is 4.03. The van der Waals surface area contributed by atoms with Crippen LogP contribution in [0.5, 0.6) is 0 Å². The number of hydrogen-bond acceptors (Lipinski definition) is 7. The number of esters is 1. The minimum Gasteiger partial charge on any atom is -0.465 e. The topological polar surface area (TPSA) is 74.1 Å². The number of thiophene rings is 1. The number of nitrogens with zero attached hydrogens (tertiary/aromatic N) is 3. The molecule has 142 valence electrons. The number of hydrogen-bond donors (Lipinski definition) is 0. The molecule has 1 aromatic carbocycles. The van der Waals surface area contributed by atoms with E-state index in [9.17, 15) is 9.59 Å². The van der Waals surface area contributed by atoms with Crippen molar-refractivity contribution in [2.24, 2.45) is 0 Å². The Labute approximate surface area is 169 Å². The van der Waals surface area contributed by atoms with Crippen molar-refractivity contribution < 1.29 is 9.53 Å². The minimum absolute atomic E-state index is 0.0381. The van der Waals surface area contributed by atoms with E-state index in [1.807, 2.05) is 31.4 Å². The molecular formula is C20H17N3O3S2. The maximum absolute atomic E-state index is 12.8. The van der Waals surface area contributed by atoms with Gasteiger partial charge in [-0.3, -0.25) is 9.36 Å². The minimum atomic E-state index is -0.368. The van der Waals surface area contributed by atoms with Crippen molar-refractivity contribution in [3.63, 3.8) is 0 Å². The number of methoxy groups -OCH3 is 1. The lowest BCUT2D eigenvalue weighted by Gasteiger charge is -2.03. The zero-order valence-corrected chi connectivity index (χ0v) is 17.2. The van der Waals surface area contributed by atoms with Crippen LogP contribution in [0, 0.1) is 13.8 Å². The van der Waals surface area contributed by atoms with Crippen molar-refractivity contribution in [2.75, 3.05) is 7.11 Å². The van der Waals surface area contributed by atoms with Gasteiger partial charge in [0.15, 0.2) is 0 Å². The molecule has 8 heteroatoms. The molecule has 0 fully saturated rings. The van der Waals surface area contributed by atoms with Crippen molar-refractivity contribution in [3.05, 3.63) is 68.0 Å². The summed E-state index contributed by atoms with van der Waals surface area (Å²) in [6.45, 7) is 4.33. The van der Waals surface area contributed by atoms with Crippen LogP contribution in [0.2, 0.25) is 0 Å². The Balaban J connectivity index is 1.61. The number of rotatable bonds is 4. The van der Waals surface area contributed by atoms with E-state index in [0.29, 0.717) is 17.5 Å². The number of ether oxygens (including phenoxy) is 1. The zero-order valence-electron chi connectivity index (χ0n) is 15.6. The molecule has 0 amide bonds. The number of carbonyl (C=O) groups is 1. The molecule has 0 atom stereocenters. The van der Waals surface area contributed by atoms with Crippen LogP contribution in [0.1, 0.15) is 26.5 Å². The van der Waals surface area contributed by atoms with Gasteiger partial charge in [-0.05, 0) is 31.5 Å². The molecule has 4 aromatic rings. The van der Waals surface area contributed by atoms with Crippen molar-refractivity contribution >= 4 is 38.9 Å². The maximum Gasteiger partial charge on any atom is 0.337 e. The Morgan fingerprint density at radius 2 is 1.96 bits per heavy atom. The molecule has 3 heterocycles. The molecule has 0 unspecified atom stereocenters. The third kappa shape index (κ3) is 3.25. The van der Waals surface area contributed by atoms with E-state index in [1.54, 1.807) is 34.4 Å². The molecule has 6 nitrogen and oxygen atoms in total. The van der Waals surface area contributed by atoms with E-state index in [1.165, 1.54) is 18.4 Å². The fourth-order valence-electron chi connectivity index (χ4n) is 2.94. The lowest BCUT2D eigenvalue weighted by molar-refractivity contribution is 0.0601. The number of carbonyl (C=O) groups excluding carboxylic acids is 1. The number of aryl methyl sites for hydroxylation is 2. The summed E-state index contributed by atoms with van der Waals surface area (Å²) in [5.74, 6) is -0.368. The van der Waals surface area contributed by atoms with Crippen LogP contribution >= 0.6 is 22.7 Å². The summed E-state index contributed by atoms with van der Waals surface area (Å²) in [6.07, 6.45) is 1.59. The van der Waals surface area contributed by atoms with Gasteiger partial charge in [0.2, 0.25) is 0 Å². The summed E-state index contributed by atoms with van der Waals surface area (Å²) in [4.78, 5) is 35.3. The molecule has 0 spiro atoms. The summed E-state index contributed by atoms with van der Waals surface area (Å²) in [5.41, 5.74) is 3.16. The van der Waals surface area contributed by atoms with Crippen LogP contribution in [-0.4, -0.2) is 27.6 Å². The first-order valence-corrected chi connectivity index (χ1v) is 10.3. The Bertz CT molecular complexity index is 1240. The summed E-state index contributed by atoms with van der Waals surface area (Å²) in [6, 6.07) is 7.11. The number of aromatic nitrogens is 3. The average Bonchev–Trinajstić information content (AvgIpc) is 3.28. The van der Waals surface area contributed by atoms with Crippen LogP contribution in [0.25, 0.3) is 20.8 Å². The third-order valence-electron chi connectivity index (χ3n) is 4.59. The van der Waals surface area contributed by atoms with Crippen molar-refractivity contribution in [2.45, 2.75) is 20.4 Å². The largest absolute Gasteiger partial charge is 0.465 e. The molecule has 3 aromatic heterocycles. The molecule has 0 radical (unpaired) electrons. The summed E-state index contributed by atoms with van der Waals surface area (Å²) < 4.78 is 6.31. The lowest BCUT2D eigenvalue weighted by atomic mass is 10.1. The zero-order chi connectivity index (χ0) is 19.8. The van der Waals surface area contributed by atoms with Crippen LogP contribution < -0.4 is 5.56 Å². The van der Waals surface area contributed by atoms with Gasteiger partial charge < -0.3 is 4.74 Å². The van der Waals surface area contributed by atoms with E-state index in [2.05, 4.69) is 9.97 Å². The number of fused-ring (bicyclic) bond motifs is 1. The van der Waals surface area contributed by atoms with Crippen LogP contribution in [0.3, 0.4) is 0 Å². The van der Waals surface area contributed by atoms with Gasteiger partial charge in [-0.2, -0.15) is 0 Å². The first-order valence-electron chi connectivity index (χ1n) is 8.56. The van der Waals surface area contributed by atoms with Crippen molar-refractivity contribution in [1.82, 2.24) is 14.5 Å². The van der Waals surface area contributed by atoms with Crippen molar-refractivity contribution in [3.8, 4) is 10.6 Å². The smallest absolute Gasteiger partial charge is 0.337 e. The third-order valence-corrected chi connectivity index (χ3v) is 6.65. The van der Waals surface area contributed by atoms with Crippen LogP contribution in [0.15, 0.2) is 40.8 Å². The Morgan fingerprint density at radius 3 is 2.68 bits per heavy atom. The average molecular weight is 412 g/mol. The van der Waals surface area contributed by atoms with Gasteiger partial charge in [0.05, 0.1) is 36.6 Å². The Hall–Kier alpha value is -2.84. The molecular weight excluding hydrogens is 394 g/mol. The lowest BCUT2D eigenvalue weighted by Crippen LogP contribution is -2.21. The van der Waals surface area contributed by atoms with Crippen molar-refractivity contribution in [1.29, 1.82) is 0 Å². The van der Waals surface area contributed by atoms with Gasteiger partial charge >= 0.3 is 5.97 Å². The second-order valence-corrected chi connectivity index (χ2v) is 8.42. The highest BCUT2D eigenvalue weighted by molar-refractivity contribution is 7.18. The molecule has 0 aliphatic heterocycles. The van der Waals surface area contributed by atoms with E-state index in [4.69, 9.17) is 4.74 Å². The van der Waals surface area contributed by atoms with Gasteiger partial charge in [0.1, 0.15) is 9.84 Å². The first-order chi connectivity index (χ1) is 13.5. The van der Waals surface area contributed by atoms with E-state index in [0.717, 1.165) is 31.5 Å². The Kier molecular flexibility index (Phi) is 4.82. The molecule has 4 rings (SSSR count). The second kappa shape index (κ2) is 7.29. The molecule has 0 saturated heterocycles. The SMILES string of the molecule is COC(=O)c1ccc(-c2nc(Cn3cnc4sc(C)c(C)c4c3=O)cs2)cc1. The quantitative estimate of drug-likeness (QED) is 0.474. The summed E-state index contributed by atoms with van der Waals surface area (Å²) in [7, 11) is 1.36. The molecule has 0 bridgehead atoms. The Morgan fingerprint density at radius 1 is 1.21 bits per heavy atom. The maximum atomic E-state index is 12.8. The van der Waals surface area contributed by atoms with Gasteiger partial charge in [0, 0.05) is 15.8 Å². The first kappa shape index (κ1) is 18.5. The van der Waals surface area contributed by atoms with Crippen LogP contribution in [-0.2, 0) is 11.3 Å². The fourth-order valence-corrected chi connectivity index (χ4v) is 4.74. The highest BCUT2D eigenvalue weighted by Gasteiger charge is 2.13. The highest BCUT2D eigenvalue weighted by Crippen LogP contribution is 2.26. The molecule has 0 N–H and O–H groups in total. The van der Waals surface area contributed by atoms with Gasteiger partial charge in [-0.25, -0.2) is 14.8 Å². The second-order valence-electron chi connectivity index (χ2n) is 6.35. The van der Waals surface area contributed by atoms with E-state index < -0.39 is 0 Å². The van der Waals surface area contributed by atoms with Crippen LogP contribution in [0.4, 0.5) is 0 Å². The molecule has 0 aliphatic rings. The summed E-state index contributed by atoms with van der Waals surface area (Å²) in [5, 5.41) is 3.46. The normalized spacial score (nSPS) is 11.1.